The van der Waals surface area contributed by atoms with Crippen LogP contribution < -0.4 is 5.32 Å². The van der Waals surface area contributed by atoms with E-state index in [2.05, 4.69) is 12.2 Å². The molecule has 1 saturated carbocycles. The Morgan fingerprint density at radius 3 is 2.59 bits per heavy atom. The van der Waals surface area contributed by atoms with Gasteiger partial charge < -0.3 is 5.32 Å². The van der Waals surface area contributed by atoms with E-state index in [1.807, 2.05) is 4.90 Å². The average Bonchev–Trinajstić information content (AvgIpc) is 2.30. The fourth-order valence-corrected chi connectivity index (χ4v) is 3.39. The van der Waals surface area contributed by atoms with Crippen LogP contribution in [0.15, 0.2) is 0 Å². The summed E-state index contributed by atoms with van der Waals surface area (Å²) in [5.74, 6) is 0. The lowest BCUT2D eigenvalue weighted by atomic mass is 9.79. The van der Waals surface area contributed by atoms with Crippen LogP contribution in [0.2, 0.25) is 0 Å². The third kappa shape index (κ3) is 3.16. The molecule has 0 amide bonds. The molecule has 1 spiro atoms. The molecular weight excluding hydrogens is 222 g/mol. The molecule has 2 aliphatic rings. The quantitative estimate of drug-likeness (QED) is 0.823. The van der Waals surface area contributed by atoms with Crippen LogP contribution in [-0.4, -0.2) is 42.5 Å². The molecule has 0 bridgehead atoms. The summed E-state index contributed by atoms with van der Waals surface area (Å²) in [6.45, 7) is 3.73. The average molecular weight is 246 g/mol. The van der Waals surface area contributed by atoms with Gasteiger partial charge in [-0.25, -0.2) is 8.78 Å². The van der Waals surface area contributed by atoms with E-state index in [4.69, 9.17) is 0 Å². The van der Waals surface area contributed by atoms with Gasteiger partial charge in [0, 0.05) is 24.7 Å². The fraction of sp³-hybridized carbons (Fsp3) is 1.00. The van der Waals surface area contributed by atoms with Crippen LogP contribution in [0, 0.1) is 0 Å². The monoisotopic (exact) mass is 246 g/mol. The highest BCUT2D eigenvalue weighted by Crippen LogP contribution is 2.32. The molecule has 1 heterocycles. The van der Waals surface area contributed by atoms with Gasteiger partial charge in [-0.05, 0) is 19.3 Å². The smallest absolute Gasteiger partial charge is 0.251 e. The molecule has 2 rings (SSSR count). The highest BCUT2D eigenvalue weighted by Gasteiger charge is 2.39. The molecule has 2 nitrogen and oxygen atoms in total. The second-order valence-electron chi connectivity index (χ2n) is 5.60. The molecule has 100 valence electrons. The molecule has 17 heavy (non-hydrogen) atoms. The summed E-state index contributed by atoms with van der Waals surface area (Å²) in [4.78, 5) is 2.02. The second kappa shape index (κ2) is 5.61. The molecule has 4 heteroatoms. The molecule has 1 atom stereocenters. The first-order valence-corrected chi connectivity index (χ1v) is 6.92. The molecule has 1 saturated heterocycles. The molecule has 1 aliphatic carbocycles. The Hall–Kier alpha value is -0.220. The maximum atomic E-state index is 12.6. The number of rotatable bonds is 3. The van der Waals surface area contributed by atoms with Crippen LogP contribution in [0.4, 0.5) is 8.78 Å². The third-order valence-corrected chi connectivity index (χ3v) is 4.39. The summed E-state index contributed by atoms with van der Waals surface area (Å²) < 4.78 is 25.2. The summed E-state index contributed by atoms with van der Waals surface area (Å²) in [7, 11) is 0. The number of nitrogens with zero attached hydrogens (tertiary/aromatic N) is 1. The van der Waals surface area contributed by atoms with Crippen molar-refractivity contribution in [1.29, 1.82) is 0 Å². The zero-order valence-electron chi connectivity index (χ0n) is 10.7. The van der Waals surface area contributed by atoms with Crippen molar-refractivity contribution in [2.24, 2.45) is 0 Å². The number of hydrogen-bond acceptors (Lipinski definition) is 2. The van der Waals surface area contributed by atoms with Crippen molar-refractivity contribution in [1.82, 2.24) is 10.2 Å². The summed E-state index contributed by atoms with van der Waals surface area (Å²) in [5.41, 5.74) is 0.138. The van der Waals surface area contributed by atoms with E-state index in [0.717, 1.165) is 32.4 Å². The lowest BCUT2D eigenvalue weighted by Crippen LogP contribution is -2.65. The van der Waals surface area contributed by atoms with Crippen molar-refractivity contribution in [2.45, 2.75) is 63.5 Å². The minimum Gasteiger partial charge on any atom is -0.308 e. The van der Waals surface area contributed by atoms with Gasteiger partial charge in [0.15, 0.2) is 0 Å². The van der Waals surface area contributed by atoms with Crippen LogP contribution in [0.25, 0.3) is 0 Å². The molecule has 1 unspecified atom stereocenters. The summed E-state index contributed by atoms with van der Waals surface area (Å²) in [5, 5.41) is 3.65. The van der Waals surface area contributed by atoms with Gasteiger partial charge in [-0.2, -0.15) is 0 Å². The van der Waals surface area contributed by atoms with Gasteiger partial charge in [-0.15, -0.1) is 0 Å². The topological polar surface area (TPSA) is 15.3 Å². The Balaban J connectivity index is 2.00. The predicted molar refractivity (Wildman–Crippen MR) is 65.5 cm³/mol. The zero-order valence-corrected chi connectivity index (χ0v) is 10.7. The van der Waals surface area contributed by atoms with Gasteiger partial charge in [0.05, 0.1) is 6.54 Å². The van der Waals surface area contributed by atoms with Gasteiger partial charge in [0.1, 0.15) is 0 Å². The van der Waals surface area contributed by atoms with Crippen LogP contribution in [-0.2, 0) is 0 Å². The lowest BCUT2D eigenvalue weighted by Gasteiger charge is -2.49. The van der Waals surface area contributed by atoms with Gasteiger partial charge in [-0.1, -0.05) is 26.2 Å². The molecule has 0 aromatic heterocycles. The second-order valence-corrected chi connectivity index (χ2v) is 5.60. The minimum atomic E-state index is -2.21. The highest BCUT2D eigenvalue weighted by atomic mass is 19.3. The van der Waals surface area contributed by atoms with Crippen molar-refractivity contribution in [3.8, 4) is 0 Å². The van der Waals surface area contributed by atoms with Crippen LogP contribution >= 0.6 is 0 Å². The first kappa shape index (κ1) is 13.2. The molecule has 2 fully saturated rings. The summed E-state index contributed by atoms with van der Waals surface area (Å²) in [6.07, 6.45) is 4.85. The maximum absolute atomic E-state index is 12.6. The SMILES string of the molecule is CCC1CNC2(CCCCC2)CN1CC(F)F. The first-order chi connectivity index (χ1) is 8.15. The van der Waals surface area contributed by atoms with Crippen molar-refractivity contribution in [3.63, 3.8) is 0 Å². The van der Waals surface area contributed by atoms with Gasteiger partial charge in [0.25, 0.3) is 6.43 Å². The van der Waals surface area contributed by atoms with E-state index in [-0.39, 0.29) is 18.1 Å². The number of hydrogen-bond donors (Lipinski definition) is 1. The third-order valence-electron chi connectivity index (χ3n) is 4.39. The van der Waals surface area contributed by atoms with Gasteiger partial charge in [0.2, 0.25) is 0 Å². The number of alkyl halides is 2. The first-order valence-electron chi connectivity index (χ1n) is 6.92. The van der Waals surface area contributed by atoms with Crippen LogP contribution in [0.3, 0.4) is 0 Å². The van der Waals surface area contributed by atoms with E-state index >= 15 is 0 Å². The Labute approximate surface area is 103 Å². The Kier molecular flexibility index (Phi) is 4.36. The van der Waals surface area contributed by atoms with Crippen molar-refractivity contribution < 1.29 is 8.78 Å². The summed E-state index contributed by atoms with van der Waals surface area (Å²) >= 11 is 0. The maximum Gasteiger partial charge on any atom is 0.251 e. The Bertz CT molecular complexity index is 240. The van der Waals surface area contributed by atoms with Crippen molar-refractivity contribution in [3.05, 3.63) is 0 Å². The zero-order chi connectivity index (χ0) is 12.3. The fourth-order valence-electron chi connectivity index (χ4n) is 3.39. The molecule has 1 N–H and O–H groups in total. The molecule has 1 aliphatic heterocycles. The normalized spacial score (nSPS) is 30.0. The van der Waals surface area contributed by atoms with Crippen molar-refractivity contribution in [2.75, 3.05) is 19.6 Å². The highest BCUT2D eigenvalue weighted by molar-refractivity contribution is 4.99. The number of nitrogens with one attached hydrogen (secondary N) is 1. The van der Waals surface area contributed by atoms with E-state index in [9.17, 15) is 8.78 Å². The largest absolute Gasteiger partial charge is 0.308 e. The molecular formula is C13H24F2N2. The Morgan fingerprint density at radius 2 is 2.00 bits per heavy atom. The number of halogens is 2. The van der Waals surface area contributed by atoms with E-state index in [1.165, 1.54) is 19.3 Å². The minimum absolute atomic E-state index is 0.0536. The van der Waals surface area contributed by atoms with E-state index in [0.29, 0.717) is 0 Å². The lowest BCUT2D eigenvalue weighted by molar-refractivity contribution is 0.00798. The Morgan fingerprint density at radius 1 is 1.29 bits per heavy atom. The van der Waals surface area contributed by atoms with Crippen LogP contribution in [0.1, 0.15) is 45.4 Å². The van der Waals surface area contributed by atoms with Crippen LogP contribution in [0.5, 0.6) is 0 Å². The van der Waals surface area contributed by atoms with E-state index < -0.39 is 6.43 Å². The van der Waals surface area contributed by atoms with E-state index in [1.54, 1.807) is 0 Å². The molecule has 0 aromatic rings. The van der Waals surface area contributed by atoms with Crippen molar-refractivity contribution >= 4 is 0 Å². The predicted octanol–water partition coefficient (Wildman–Crippen LogP) is 2.64. The number of piperazine rings is 1. The standard InChI is InChI=1S/C13H24F2N2/c1-2-11-8-16-13(6-4-3-5-7-13)10-17(11)9-12(14)15/h11-12,16H,2-10H2,1H3. The van der Waals surface area contributed by atoms with Gasteiger partial charge in [-0.3, -0.25) is 4.90 Å². The molecule has 0 radical (unpaired) electrons. The summed E-state index contributed by atoms with van der Waals surface area (Å²) in [6, 6.07) is 0.288. The molecule has 0 aromatic carbocycles. The van der Waals surface area contributed by atoms with Gasteiger partial charge >= 0.3 is 0 Å².